The predicted molar refractivity (Wildman–Crippen MR) is 168 cm³/mol. The van der Waals surface area contributed by atoms with E-state index in [1.807, 2.05) is 17.9 Å². The van der Waals surface area contributed by atoms with Gasteiger partial charge in [-0.05, 0) is 48.8 Å². The summed E-state index contributed by atoms with van der Waals surface area (Å²) in [6, 6.07) is 6.17. The van der Waals surface area contributed by atoms with Crippen LogP contribution in [0, 0.1) is 6.92 Å². The van der Waals surface area contributed by atoms with Crippen molar-refractivity contribution < 1.29 is 19.1 Å². The number of aryl methyl sites for hydroxylation is 1. The fraction of sp³-hybridized carbons (Fsp3) is 0.562. The van der Waals surface area contributed by atoms with E-state index in [0.29, 0.717) is 23.1 Å². The predicted octanol–water partition coefficient (Wildman–Crippen LogP) is 6.69. The highest BCUT2D eigenvalue weighted by Gasteiger charge is 2.31. The molecule has 0 unspecified atom stereocenters. The number of ether oxygens (including phenoxy) is 2. The molecule has 0 bridgehead atoms. The summed E-state index contributed by atoms with van der Waals surface area (Å²) in [6.07, 6.45) is 1.74. The Kier molecular flexibility index (Phi) is 9.43. The molecule has 0 spiro atoms. The first kappa shape index (κ1) is 32.0. The molecule has 3 aromatic rings. The lowest BCUT2D eigenvalue weighted by atomic mass is 9.78. The Morgan fingerprint density at radius 2 is 1.62 bits per heavy atom. The molecule has 1 saturated heterocycles. The van der Waals surface area contributed by atoms with E-state index >= 15 is 0 Å². The van der Waals surface area contributed by atoms with Gasteiger partial charge in [-0.25, -0.2) is 4.98 Å². The smallest absolute Gasteiger partial charge is 0.311 e. The number of nitrogens with zero attached hydrogens (tertiary/aromatic N) is 4. The lowest BCUT2D eigenvalue weighted by Crippen LogP contribution is -2.40. The number of piperidine rings is 1. The van der Waals surface area contributed by atoms with Crippen LogP contribution in [0.5, 0.6) is 5.75 Å². The SMILES string of the molecule is COC(=O)Cc1cc(C)n(CC(=O)N2CCC(c3nc(-c4cc(C(C)(C)C)c(OC)c(C(C)(C)C)c4)c(Cl)s3)CC2)n1. The number of benzene rings is 1. The van der Waals surface area contributed by atoms with Gasteiger partial charge in [-0.2, -0.15) is 5.10 Å². The van der Waals surface area contributed by atoms with Gasteiger partial charge in [0.2, 0.25) is 5.91 Å². The maximum atomic E-state index is 13.1. The molecule has 42 heavy (non-hydrogen) atoms. The second-order valence-corrected chi connectivity index (χ2v) is 14.8. The number of aromatic nitrogens is 3. The van der Waals surface area contributed by atoms with Crippen molar-refractivity contribution in [3.8, 4) is 17.0 Å². The number of likely N-dealkylation sites (tertiary alicyclic amines) is 1. The summed E-state index contributed by atoms with van der Waals surface area (Å²) >= 11 is 8.40. The third-order valence-electron chi connectivity index (χ3n) is 7.85. The Morgan fingerprint density at radius 3 is 2.14 bits per heavy atom. The third kappa shape index (κ3) is 7.00. The fourth-order valence-electron chi connectivity index (χ4n) is 5.42. The van der Waals surface area contributed by atoms with E-state index in [9.17, 15) is 9.59 Å². The van der Waals surface area contributed by atoms with E-state index in [4.69, 9.17) is 26.1 Å². The largest absolute Gasteiger partial charge is 0.496 e. The summed E-state index contributed by atoms with van der Waals surface area (Å²) in [6.45, 7) is 16.5. The van der Waals surface area contributed by atoms with Gasteiger partial charge in [0.25, 0.3) is 0 Å². The van der Waals surface area contributed by atoms with Crippen molar-refractivity contribution in [1.82, 2.24) is 19.7 Å². The Morgan fingerprint density at radius 1 is 1.02 bits per heavy atom. The van der Waals surface area contributed by atoms with E-state index in [-0.39, 0.29) is 41.6 Å². The molecule has 228 valence electrons. The molecule has 10 heteroatoms. The molecule has 1 amide bonds. The van der Waals surface area contributed by atoms with Gasteiger partial charge in [-0.1, -0.05) is 53.1 Å². The zero-order chi connectivity index (χ0) is 31.0. The van der Waals surface area contributed by atoms with E-state index in [1.165, 1.54) is 7.11 Å². The molecule has 0 aliphatic carbocycles. The highest BCUT2D eigenvalue weighted by Crippen LogP contribution is 2.45. The highest BCUT2D eigenvalue weighted by molar-refractivity contribution is 7.16. The van der Waals surface area contributed by atoms with Crippen molar-refractivity contribution >= 4 is 34.8 Å². The van der Waals surface area contributed by atoms with E-state index < -0.39 is 0 Å². The van der Waals surface area contributed by atoms with Gasteiger partial charge >= 0.3 is 5.97 Å². The topological polar surface area (TPSA) is 86.6 Å². The van der Waals surface area contributed by atoms with Crippen molar-refractivity contribution in [2.24, 2.45) is 0 Å². The Labute approximate surface area is 258 Å². The van der Waals surface area contributed by atoms with Crippen molar-refractivity contribution in [3.63, 3.8) is 0 Å². The van der Waals surface area contributed by atoms with E-state index in [1.54, 1.807) is 23.1 Å². The van der Waals surface area contributed by atoms with Gasteiger partial charge in [0.15, 0.2) is 0 Å². The van der Waals surface area contributed by atoms with Gasteiger partial charge in [0.1, 0.15) is 22.3 Å². The second kappa shape index (κ2) is 12.4. The minimum atomic E-state index is -0.352. The summed E-state index contributed by atoms with van der Waals surface area (Å²) in [4.78, 5) is 31.7. The van der Waals surface area contributed by atoms with Crippen LogP contribution < -0.4 is 4.74 Å². The van der Waals surface area contributed by atoms with E-state index in [0.717, 1.165) is 51.7 Å². The van der Waals surface area contributed by atoms with Crippen LogP contribution in [0.2, 0.25) is 4.34 Å². The van der Waals surface area contributed by atoms with Gasteiger partial charge in [0, 0.05) is 41.4 Å². The van der Waals surface area contributed by atoms with Crippen LogP contribution in [-0.4, -0.2) is 58.8 Å². The molecule has 1 aliphatic heterocycles. The van der Waals surface area contributed by atoms with Gasteiger partial charge in [-0.3, -0.25) is 14.3 Å². The zero-order valence-electron chi connectivity index (χ0n) is 26.3. The van der Waals surface area contributed by atoms with Crippen LogP contribution in [0.3, 0.4) is 0 Å². The van der Waals surface area contributed by atoms with Gasteiger partial charge in [0.05, 0.1) is 31.3 Å². The first-order chi connectivity index (χ1) is 19.6. The Bertz CT molecular complexity index is 1420. The first-order valence-electron chi connectivity index (χ1n) is 14.4. The summed E-state index contributed by atoms with van der Waals surface area (Å²) < 4.78 is 13.0. The molecule has 1 fully saturated rings. The zero-order valence-corrected chi connectivity index (χ0v) is 27.8. The number of hydrogen-bond acceptors (Lipinski definition) is 7. The normalized spacial score (nSPS) is 14.8. The molecule has 2 aromatic heterocycles. The maximum absolute atomic E-state index is 13.1. The average molecular weight is 615 g/mol. The lowest BCUT2D eigenvalue weighted by Gasteiger charge is -2.31. The standard InChI is InChI=1S/C32H43ClN4O4S/c1-19-14-22(17-26(39)40-8)35-37(19)18-25(38)36-12-10-20(11-13-36)30-34-27(29(33)42-30)21-15-23(31(2,3)4)28(41-9)24(16-21)32(5,6)7/h14-16,20H,10-13,17-18H2,1-9H3. The van der Waals surface area contributed by atoms with E-state index in [2.05, 4.69) is 58.8 Å². The quantitative estimate of drug-likeness (QED) is 0.276. The lowest BCUT2D eigenvalue weighted by molar-refractivity contribution is -0.139. The van der Waals surface area contributed by atoms with Gasteiger partial charge < -0.3 is 14.4 Å². The molecular formula is C32H43ClN4O4S. The Balaban J connectivity index is 1.49. The highest BCUT2D eigenvalue weighted by atomic mass is 35.5. The van der Waals surface area contributed by atoms with Crippen LogP contribution in [0.1, 0.15) is 87.8 Å². The molecule has 1 aliphatic rings. The number of carbonyl (C=O) groups excluding carboxylic acids is 2. The molecule has 0 atom stereocenters. The summed E-state index contributed by atoms with van der Waals surface area (Å²) in [5, 5.41) is 5.44. The van der Waals surface area contributed by atoms with Crippen LogP contribution >= 0.6 is 22.9 Å². The summed E-state index contributed by atoms with van der Waals surface area (Å²) in [7, 11) is 3.09. The molecule has 3 heterocycles. The van der Waals surface area contributed by atoms with Crippen LogP contribution in [0.15, 0.2) is 18.2 Å². The third-order valence-corrected chi connectivity index (χ3v) is 9.27. The van der Waals surface area contributed by atoms with Crippen LogP contribution in [-0.2, 0) is 38.1 Å². The van der Waals surface area contributed by atoms with Crippen molar-refractivity contribution in [1.29, 1.82) is 0 Å². The number of carbonyl (C=O) groups is 2. The summed E-state index contributed by atoms with van der Waals surface area (Å²) in [5.74, 6) is 0.831. The molecular weight excluding hydrogens is 572 g/mol. The number of methoxy groups -OCH3 is 2. The molecule has 0 radical (unpaired) electrons. The van der Waals surface area contributed by atoms with Gasteiger partial charge in [-0.15, -0.1) is 11.3 Å². The molecule has 0 saturated carbocycles. The molecule has 8 nitrogen and oxygen atoms in total. The number of amides is 1. The monoisotopic (exact) mass is 614 g/mol. The number of hydrogen-bond donors (Lipinski definition) is 0. The molecule has 1 aromatic carbocycles. The molecule has 0 N–H and O–H groups in total. The molecule has 4 rings (SSSR count). The summed E-state index contributed by atoms with van der Waals surface area (Å²) in [5.41, 5.74) is 5.28. The second-order valence-electron chi connectivity index (χ2n) is 13.1. The number of halogens is 1. The number of thiazole rings is 1. The minimum Gasteiger partial charge on any atom is -0.496 e. The van der Waals surface area contributed by atoms with Crippen LogP contribution in [0.4, 0.5) is 0 Å². The fourth-order valence-corrected chi connectivity index (χ4v) is 6.79. The maximum Gasteiger partial charge on any atom is 0.311 e. The van der Waals surface area contributed by atoms with Crippen molar-refractivity contribution in [2.45, 2.75) is 91.0 Å². The number of rotatable bonds is 7. The van der Waals surface area contributed by atoms with Crippen molar-refractivity contribution in [3.05, 3.63) is 50.1 Å². The number of esters is 1. The minimum absolute atomic E-state index is 0.0183. The Hall–Kier alpha value is -2.91. The average Bonchev–Trinajstić information content (AvgIpc) is 3.48. The van der Waals surface area contributed by atoms with Crippen LogP contribution in [0.25, 0.3) is 11.3 Å². The first-order valence-corrected chi connectivity index (χ1v) is 15.6. The van der Waals surface area contributed by atoms with Crippen molar-refractivity contribution in [2.75, 3.05) is 27.3 Å².